The average molecular weight is 226 g/mol. The zero-order chi connectivity index (χ0) is 11.4. The Hall–Kier alpha value is -0.610. The van der Waals surface area contributed by atoms with Gasteiger partial charge in [0.15, 0.2) is 0 Å². The summed E-state index contributed by atoms with van der Waals surface area (Å²) in [5, 5.41) is 3.22. The van der Waals surface area contributed by atoms with Crippen LogP contribution in [0.1, 0.15) is 32.6 Å². The number of carbonyl (C=O) groups excluding carboxylic acids is 1. The van der Waals surface area contributed by atoms with E-state index in [1.165, 1.54) is 0 Å². The summed E-state index contributed by atoms with van der Waals surface area (Å²) in [7, 11) is 0. The number of ether oxygens (including phenoxy) is 1. The first-order valence-electron chi connectivity index (χ1n) is 6.43. The number of nitrogens with zero attached hydrogens (tertiary/aromatic N) is 1. The molecule has 16 heavy (non-hydrogen) atoms. The lowest BCUT2D eigenvalue weighted by Crippen LogP contribution is -2.59. The summed E-state index contributed by atoms with van der Waals surface area (Å²) >= 11 is 0. The SMILES string of the molecule is CCCN(C(=O)CC1CCCO1)C1CNC1. The van der Waals surface area contributed by atoms with Crippen LogP contribution >= 0.6 is 0 Å². The van der Waals surface area contributed by atoms with Crippen LogP contribution in [0.15, 0.2) is 0 Å². The summed E-state index contributed by atoms with van der Waals surface area (Å²) in [4.78, 5) is 14.2. The van der Waals surface area contributed by atoms with Gasteiger partial charge in [-0.25, -0.2) is 0 Å². The molecule has 1 unspecified atom stereocenters. The van der Waals surface area contributed by atoms with Crippen molar-refractivity contribution in [2.24, 2.45) is 0 Å². The predicted molar refractivity (Wildman–Crippen MR) is 62.3 cm³/mol. The molecule has 1 N–H and O–H groups in total. The molecular weight excluding hydrogens is 204 g/mol. The molecule has 0 bridgehead atoms. The average Bonchev–Trinajstić information content (AvgIpc) is 2.67. The molecule has 2 heterocycles. The Balaban J connectivity index is 1.82. The molecule has 2 aliphatic rings. The fourth-order valence-corrected chi connectivity index (χ4v) is 2.36. The molecule has 0 saturated carbocycles. The Bertz CT molecular complexity index is 235. The predicted octanol–water partition coefficient (Wildman–Crippen LogP) is 0.766. The molecule has 2 rings (SSSR count). The first kappa shape index (κ1) is 11.9. The van der Waals surface area contributed by atoms with Crippen molar-refractivity contribution >= 4 is 5.91 Å². The Morgan fingerprint density at radius 1 is 1.50 bits per heavy atom. The molecule has 2 aliphatic heterocycles. The quantitative estimate of drug-likeness (QED) is 0.752. The largest absolute Gasteiger partial charge is 0.378 e. The molecule has 92 valence electrons. The van der Waals surface area contributed by atoms with Crippen LogP contribution in [-0.2, 0) is 9.53 Å². The van der Waals surface area contributed by atoms with E-state index in [0.717, 1.165) is 45.5 Å². The number of amides is 1. The summed E-state index contributed by atoms with van der Waals surface area (Å²) < 4.78 is 5.52. The van der Waals surface area contributed by atoms with Gasteiger partial charge in [-0.1, -0.05) is 6.92 Å². The van der Waals surface area contributed by atoms with Crippen molar-refractivity contribution in [1.29, 1.82) is 0 Å². The molecule has 1 atom stereocenters. The van der Waals surface area contributed by atoms with Gasteiger partial charge in [-0.3, -0.25) is 4.79 Å². The second-order valence-electron chi connectivity index (χ2n) is 4.74. The van der Waals surface area contributed by atoms with Gasteiger partial charge in [0.1, 0.15) is 0 Å². The molecule has 4 heteroatoms. The standard InChI is InChI=1S/C12H22N2O2/c1-2-5-14(10-8-13-9-10)12(15)7-11-4-3-6-16-11/h10-11,13H,2-9H2,1H3. The van der Waals surface area contributed by atoms with Gasteiger partial charge in [-0.05, 0) is 19.3 Å². The highest BCUT2D eigenvalue weighted by atomic mass is 16.5. The Morgan fingerprint density at radius 3 is 2.81 bits per heavy atom. The minimum absolute atomic E-state index is 0.180. The fourth-order valence-electron chi connectivity index (χ4n) is 2.36. The van der Waals surface area contributed by atoms with Gasteiger partial charge in [-0.15, -0.1) is 0 Å². The number of hydrogen-bond acceptors (Lipinski definition) is 3. The van der Waals surface area contributed by atoms with Crippen LogP contribution < -0.4 is 5.32 Å². The maximum atomic E-state index is 12.1. The Morgan fingerprint density at radius 2 is 2.31 bits per heavy atom. The zero-order valence-electron chi connectivity index (χ0n) is 10.1. The summed E-state index contributed by atoms with van der Waals surface area (Å²) in [5.74, 6) is 0.278. The maximum absolute atomic E-state index is 12.1. The van der Waals surface area contributed by atoms with E-state index in [4.69, 9.17) is 4.74 Å². The van der Waals surface area contributed by atoms with Crippen molar-refractivity contribution < 1.29 is 9.53 Å². The van der Waals surface area contributed by atoms with E-state index in [1.54, 1.807) is 0 Å². The second-order valence-corrected chi connectivity index (χ2v) is 4.74. The summed E-state index contributed by atoms with van der Waals surface area (Å²) in [6, 6.07) is 0.425. The van der Waals surface area contributed by atoms with Crippen LogP contribution in [0.25, 0.3) is 0 Å². The van der Waals surface area contributed by atoms with Crippen LogP contribution in [0.5, 0.6) is 0 Å². The lowest BCUT2D eigenvalue weighted by molar-refractivity contribution is -0.136. The number of hydrogen-bond donors (Lipinski definition) is 1. The van der Waals surface area contributed by atoms with E-state index in [2.05, 4.69) is 12.2 Å². The third-order valence-corrected chi connectivity index (χ3v) is 3.41. The third-order valence-electron chi connectivity index (χ3n) is 3.41. The molecule has 1 amide bonds. The van der Waals surface area contributed by atoms with E-state index in [1.807, 2.05) is 4.90 Å². The summed E-state index contributed by atoms with van der Waals surface area (Å²) in [6.45, 7) is 5.75. The van der Waals surface area contributed by atoms with Crippen molar-refractivity contribution in [3.8, 4) is 0 Å². The fraction of sp³-hybridized carbons (Fsp3) is 0.917. The van der Waals surface area contributed by atoms with Gasteiger partial charge in [0.25, 0.3) is 0 Å². The minimum Gasteiger partial charge on any atom is -0.378 e. The van der Waals surface area contributed by atoms with Crippen LogP contribution in [-0.4, -0.2) is 49.2 Å². The smallest absolute Gasteiger partial charge is 0.225 e. The van der Waals surface area contributed by atoms with Crippen molar-refractivity contribution in [2.75, 3.05) is 26.2 Å². The topological polar surface area (TPSA) is 41.6 Å². The van der Waals surface area contributed by atoms with Gasteiger partial charge < -0.3 is 15.0 Å². The molecule has 2 saturated heterocycles. The highest BCUT2D eigenvalue weighted by Gasteiger charge is 2.30. The molecule has 0 radical (unpaired) electrons. The molecule has 4 nitrogen and oxygen atoms in total. The van der Waals surface area contributed by atoms with E-state index in [0.29, 0.717) is 12.5 Å². The minimum atomic E-state index is 0.180. The lowest BCUT2D eigenvalue weighted by Gasteiger charge is -2.38. The molecular formula is C12H22N2O2. The molecule has 0 aliphatic carbocycles. The van der Waals surface area contributed by atoms with E-state index >= 15 is 0 Å². The van der Waals surface area contributed by atoms with Gasteiger partial charge >= 0.3 is 0 Å². The van der Waals surface area contributed by atoms with E-state index in [-0.39, 0.29) is 12.0 Å². The van der Waals surface area contributed by atoms with Crippen molar-refractivity contribution in [2.45, 2.75) is 44.8 Å². The van der Waals surface area contributed by atoms with Crippen LogP contribution in [0.3, 0.4) is 0 Å². The van der Waals surface area contributed by atoms with Gasteiger partial charge in [-0.2, -0.15) is 0 Å². The summed E-state index contributed by atoms with van der Waals surface area (Å²) in [5.41, 5.74) is 0. The first-order chi connectivity index (χ1) is 7.81. The maximum Gasteiger partial charge on any atom is 0.225 e. The van der Waals surface area contributed by atoms with Crippen LogP contribution in [0, 0.1) is 0 Å². The van der Waals surface area contributed by atoms with Crippen LogP contribution in [0.4, 0.5) is 0 Å². The second kappa shape index (κ2) is 5.64. The van der Waals surface area contributed by atoms with E-state index in [9.17, 15) is 4.79 Å². The van der Waals surface area contributed by atoms with Gasteiger partial charge in [0.05, 0.1) is 18.6 Å². The highest BCUT2D eigenvalue weighted by Crippen LogP contribution is 2.18. The zero-order valence-corrected chi connectivity index (χ0v) is 10.1. The Kier molecular flexibility index (Phi) is 4.18. The first-order valence-corrected chi connectivity index (χ1v) is 6.43. The normalized spacial score (nSPS) is 25.4. The number of carbonyl (C=O) groups is 1. The monoisotopic (exact) mass is 226 g/mol. The van der Waals surface area contributed by atoms with Crippen molar-refractivity contribution in [1.82, 2.24) is 10.2 Å². The molecule has 0 aromatic heterocycles. The summed E-state index contributed by atoms with van der Waals surface area (Å²) in [6.07, 6.45) is 3.95. The highest BCUT2D eigenvalue weighted by molar-refractivity contribution is 5.77. The third kappa shape index (κ3) is 2.74. The Labute approximate surface area is 97.3 Å². The van der Waals surface area contributed by atoms with Crippen molar-refractivity contribution in [3.63, 3.8) is 0 Å². The molecule has 2 fully saturated rings. The lowest BCUT2D eigenvalue weighted by atomic mass is 10.1. The molecule has 0 aromatic rings. The van der Waals surface area contributed by atoms with Crippen molar-refractivity contribution in [3.05, 3.63) is 0 Å². The van der Waals surface area contributed by atoms with Crippen LogP contribution in [0.2, 0.25) is 0 Å². The van der Waals surface area contributed by atoms with E-state index < -0.39 is 0 Å². The number of rotatable bonds is 5. The number of nitrogens with one attached hydrogen (secondary N) is 1. The van der Waals surface area contributed by atoms with Gasteiger partial charge in [0.2, 0.25) is 5.91 Å². The molecule has 0 spiro atoms. The molecule has 0 aromatic carbocycles. The van der Waals surface area contributed by atoms with Gasteiger partial charge in [0, 0.05) is 26.2 Å².